The van der Waals surface area contributed by atoms with Gasteiger partial charge in [0.2, 0.25) is 5.28 Å². The first kappa shape index (κ1) is 18.8. The largest absolute Gasteiger partial charge is 0.378 e. The van der Waals surface area contributed by atoms with Crippen molar-refractivity contribution in [2.45, 2.75) is 12.6 Å². The van der Waals surface area contributed by atoms with Crippen LogP contribution in [-0.2, 0) is 11.3 Å². The summed E-state index contributed by atoms with van der Waals surface area (Å²) in [5, 5.41) is 0.257. The van der Waals surface area contributed by atoms with Gasteiger partial charge in [-0.15, -0.1) is 0 Å². The Hall–Kier alpha value is -1.58. The van der Waals surface area contributed by atoms with Crippen molar-refractivity contribution in [2.24, 2.45) is 5.73 Å². The highest BCUT2D eigenvalue weighted by atomic mass is 35.5. The molecule has 2 fully saturated rings. The van der Waals surface area contributed by atoms with Crippen molar-refractivity contribution < 1.29 is 4.74 Å². The lowest BCUT2D eigenvalue weighted by atomic mass is 10.1. The topological polar surface area (TPSA) is 83.6 Å². The van der Waals surface area contributed by atoms with Crippen molar-refractivity contribution >= 4 is 28.5 Å². The van der Waals surface area contributed by atoms with E-state index in [0.717, 1.165) is 61.8 Å². The third kappa shape index (κ3) is 4.14. The number of fused-ring (bicyclic) bond motifs is 1. The van der Waals surface area contributed by atoms with Gasteiger partial charge in [0.1, 0.15) is 5.52 Å². The smallest absolute Gasteiger partial charge is 0.225 e. The third-order valence-corrected chi connectivity index (χ3v) is 5.46. The van der Waals surface area contributed by atoms with Crippen LogP contribution in [0.5, 0.6) is 0 Å². The number of hydrogen-bond donors (Lipinski definition) is 1. The van der Waals surface area contributed by atoms with Gasteiger partial charge in [0.05, 0.1) is 24.4 Å². The quantitative estimate of drug-likeness (QED) is 0.716. The Kier molecular flexibility index (Phi) is 5.70. The van der Waals surface area contributed by atoms with Crippen LogP contribution in [0.2, 0.25) is 5.28 Å². The minimum Gasteiger partial charge on any atom is -0.378 e. The van der Waals surface area contributed by atoms with Crippen molar-refractivity contribution in [3.8, 4) is 0 Å². The molecule has 2 saturated heterocycles. The average molecular weight is 392 g/mol. The summed E-state index contributed by atoms with van der Waals surface area (Å²) in [5.41, 5.74) is 8.27. The molecule has 27 heavy (non-hydrogen) atoms. The summed E-state index contributed by atoms with van der Waals surface area (Å²) in [6.07, 6.45) is 0. The maximum Gasteiger partial charge on any atom is 0.225 e. The molecule has 146 valence electrons. The number of rotatable bonds is 6. The zero-order chi connectivity index (χ0) is 18.8. The molecule has 4 heterocycles. The first-order chi connectivity index (χ1) is 13.1. The molecule has 2 aliphatic rings. The molecular formula is C18H26ClN7O. The monoisotopic (exact) mass is 391 g/mol. The molecule has 0 atom stereocenters. The predicted molar refractivity (Wildman–Crippen MR) is 106 cm³/mol. The third-order valence-electron chi connectivity index (χ3n) is 5.29. The summed E-state index contributed by atoms with van der Waals surface area (Å²) in [7, 11) is 2.14. The van der Waals surface area contributed by atoms with E-state index in [0.29, 0.717) is 25.8 Å². The molecule has 2 aromatic heterocycles. The molecule has 0 amide bonds. The van der Waals surface area contributed by atoms with Crippen LogP contribution in [0.1, 0.15) is 5.69 Å². The zero-order valence-electron chi connectivity index (χ0n) is 15.6. The van der Waals surface area contributed by atoms with Gasteiger partial charge in [0.15, 0.2) is 5.82 Å². The highest BCUT2D eigenvalue weighted by Gasteiger charge is 2.29. The van der Waals surface area contributed by atoms with Crippen LogP contribution in [-0.4, -0.2) is 90.3 Å². The van der Waals surface area contributed by atoms with E-state index in [-0.39, 0.29) is 5.28 Å². The number of halogens is 1. The number of anilines is 1. The van der Waals surface area contributed by atoms with Gasteiger partial charge in [0, 0.05) is 51.9 Å². The van der Waals surface area contributed by atoms with Crippen LogP contribution in [0.25, 0.3) is 11.0 Å². The fraction of sp³-hybridized carbons (Fsp3) is 0.611. The van der Waals surface area contributed by atoms with Crippen LogP contribution in [0.4, 0.5) is 5.82 Å². The highest BCUT2D eigenvalue weighted by Crippen LogP contribution is 2.26. The van der Waals surface area contributed by atoms with Crippen molar-refractivity contribution in [3.05, 3.63) is 23.1 Å². The minimum absolute atomic E-state index is 0.257. The predicted octanol–water partition coefficient (Wildman–Crippen LogP) is 0.590. The molecular weight excluding hydrogens is 366 g/mol. The normalized spacial score (nSPS) is 19.0. The maximum absolute atomic E-state index is 6.14. The minimum atomic E-state index is 0.257. The molecule has 2 aromatic rings. The summed E-state index contributed by atoms with van der Waals surface area (Å²) in [6, 6.07) is 4.61. The number of pyridine rings is 1. The van der Waals surface area contributed by atoms with Crippen LogP contribution < -0.4 is 10.6 Å². The summed E-state index contributed by atoms with van der Waals surface area (Å²) in [6.45, 7) is 7.51. The van der Waals surface area contributed by atoms with E-state index >= 15 is 0 Å². The van der Waals surface area contributed by atoms with Crippen LogP contribution in [0, 0.1) is 0 Å². The SMILES string of the molecule is CN(CCN)C1CN(Cc2ccc3nc(Cl)nc(N4CCOCC4)c3n2)C1. The molecule has 2 aliphatic heterocycles. The summed E-state index contributed by atoms with van der Waals surface area (Å²) >= 11 is 6.14. The summed E-state index contributed by atoms with van der Waals surface area (Å²) in [4.78, 5) is 20.6. The Balaban J connectivity index is 1.51. The van der Waals surface area contributed by atoms with Crippen molar-refractivity contribution in [1.29, 1.82) is 0 Å². The lowest BCUT2D eigenvalue weighted by molar-refractivity contribution is 0.0443. The second kappa shape index (κ2) is 8.20. The fourth-order valence-electron chi connectivity index (χ4n) is 3.66. The van der Waals surface area contributed by atoms with Gasteiger partial charge in [0.25, 0.3) is 0 Å². The molecule has 8 nitrogen and oxygen atoms in total. The first-order valence-electron chi connectivity index (χ1n) is 9.42. The fourth-order valence-corrected chi connectivity index (χ4v) is 3.83. The second-order valence-electron chi connectivity index (χ2n) is 7.20. The van der Waals surface area contributed by atoms with E-state index in [2.05, 4.69) is 31.7 Å². The van der Waals surface area contributed by atoms with Crippen molar-refractivity contribution in [2.75, 3.05) is 64.4 Å². The maximum atomic E-state index is 6.14. The van der Waals surface area contributed by atoms with E-state index in [4.69, 9.17) is 27.1 Å². The number of likely N-dealkylation sites (tertiary alicyclic amines) is 1. The van der Waals surface area contributed by atoms with E-state index in [1.54, 1.807) is 0 Å². The number of hydrogen-bond acceptors (Lipinski definition) is 8. The van der Waals surface area contributed by atoms with Gasteiger partial charge in [-0.3, -0.25) is 9.80 Å². The van der Waals surface area contributed by atoms with Crippen LogP contribution in [0.15, 0.2) is 12.1 Å². The van der Waals surface area contributed by atoms with Gasteiger partial charge in [-0.1, -0.05) is 0 Å². The average Bonchev–Trinajstić information content (AvgIpc) is 2.64. The van der Waals surface area contributed by atoms with E-state index in [1.807, 2.05) is 12.1 Å². The van der Waals surface area contributed by atoms with E-state index in [9.17, 15) is 0 Å². The van der Waals surface area contributed by atoms with Gasteiger partial charge in [-0.2, -0.15) is 4.98 Å². The molecule has 4 rings (SSSR count). The summed E-state index contributed by atoms with van der Waals surface area (Å²) < 4.78 is 5.45. The Morgan fingerprint density at radius 2 is 2.00 bits per heavy atom. The van der Waals surface area contributed by atoms with Crippen molar-refractivity contribution in [3.63, 3.8) is 0 Å². The molecule has 0 aliphatic carbocycles. The molecule has 0 bridgehead atoms. The number of aromatic nitrogens is 3. The second-order valence-corrected chi connectivity index (χ2v) is 7.54. The molecule has 0 unspecified atom stereocenters. The molecule has 0 saturated carbocycles. The van der Waals surface area contributed by atoms with Crippen LogP contribution in [0.3, 0.4) is 0 Å². The Morgan fingerprint density at radius 1 is 1.22 bits per heavy atom. The van der Waals surface area contributed by atoms with E-state index in [1.165, 1.54) is 0 Å². The van der Waals surface area contributed by atoms with Crippen molar-refractivity contribution in [1.82, 2.24) is 24.8 Å². The standard InChI is InChI=1S/C18H26ClN7O/c1-24(5-4-20)14-11-25(12-14)10-13-2-3-15-16(21-13)17(23-18(19)22-15)26-6-8-27-9-7-26/h2-3,14H,4-12,20H2,1H3. The molecule has 0 radical (unpaired) electrons. The van der Waals surface area contributed by atoms with Gasteiger partial charge >= 0.3 is 0 Å². The lowest BCUT2D eigenvalue weighted by Crippen LogP contribution is -2.58. The number of morpholine rings is 1. The number of nitrogens with zero attached hydrogens (tertiary/aromatic N) is 6. The molecule has 9 heteroatoms. The Labute approximate surface area is 164 Å². The van der Waals surface area contributed by atoms with E-state index < -0.39 is 0 Å². The van der Waals surface area contributed by atoms with Gasteiger partial charge in [-0.05, 0) is 30.8 Å². The highest BCUT2D eigenvalue weighted by molar-refractivity contribution is 6.28. The van der Waals surface area contributed by atoms with Gasteiger partial charge < -0.3 is 15.4 Å². The lowest BCUT2D eigenvalue weighted by Gasteiger charge is -2.44. The molecule has 2 N–H and O–H groups in total. The molecule has 0 aromatic carbocycles. The number of ether oxygens (including phenoxy) is 1. The Bertz CT molecular complexity index is 793. The van der Waals surface area contributed by atoms with Crippen LogP contribution >= 0.6 is 11.6 Å². The first-order valence-corrected chi connectivity index (χ1v) is 9.80. The summed E-state index contributed by atoms with van der Waals surface area (Å²) in [5.74, 6) is 0.805. The number of nitrogens with two attached hydrogens (primary N) is 1. The van der Waals surface area contributed by atoms with Gasteiger partial charge in [-0.25, -0.2) is 9.97 Å². The number of likely N-dealkylation sites (N-methyl/N-ethyl adjacent to an activating group) is 1. The zero-order valence-corrected chi connectivity index (χ0v) is 16.4. The Morgan fingerprint density at radius 3 is 2.74 bits per heavy atom. The molecule has 0 spiro atoms.